The zero-order valence-corrected chi connectivity index (χ0v) is 11.2. The molecule has 2 aromatic carbocycles. The van der Waals surface area contributed by atoms with Crippen molar-refractivity contribution >= 4 is 15.9 Å². The van der Waals surface area contributed by atoms with Crippen molar-refractivity contribution < 1.29 is 14.2 Å². The number of ether oxygens (including phenoxy) is 1. The lowest BCUT2D eigenvalue weighted by Crippen LogP contribution is -1.97. The van der Waals surface area contributed by atoms with Crippen molar-refractivity contribution in [2.45, 2.75) is 13.2 Å². The fourth-order valence-corrected chi connectivity index (χ4v) is 1.83. The van der Waals surface area contributed by atoms with Gasteiger partial charge in [-0.15, -0.1) is 0 Å². The molecule has 1 N–H and O–H groups in total. The van der Waals surface area contributed by atoms with Crippen molar-refractivity contribution in [3.63, 3.8) is 0 Å². The summed E-state index contributed by atoms with van der Waals surface area (Å²) in [5, 5.41) is 8.92. The van der Waals surface area contributed by atoms with Crippen LogP contribution in [-0.4, -0.2) is 5.11 Å². The van der Waals surface area contributed by atoms with E-state index < -0.39 is 0 Å². The van der Waals surface area contributed by atoms with Crippen molar-refractivity contribution in [3.8, 4) is 5.75 Å². The lowest BCUT2D eigenvalue weighted by molar-refractivity contribution is 0.280. The highest BCUT2D eigenvalue weighted by molar-refractivity contribution is 9.10. The molecule has 4 heteroatoms. The van der Waals surface area contributed by atoms with Gasteiger partial charge in [-0.1, -0.05) is 40.2 Å². The van der Waals surface area contributed by atoms with Crippen LogP contribution in [0.4, 0.5) is 4.39 Å². The quantitative estimate of drug-likeness (QED) is 0.934. The van der Waals surface area contributed by atoms with Gasteiger partial charge in [-0.3, -0.25) is 0 Å². The molecular formula is C14H12BrFO2. The average Bonchev–Trinajstić information content (AvgIpc) is 2.40. The first kappa shape index (κ1) is 13.1. The van der Waals surface area contributed by atoms with E-state index >= 15 is 0 Å². The van der Waals surface area contributed by atoms with E-state index in [1.54, 1.807) is 12.1 Å². The highest BCUT2D eigenvalue weighted by Gasteiger charge is 2.04. The van der Waals surface area contributed by atoms with E-state index in [0.717, 1.165) is 15.6 Å². The van der Waals surface area contributed by atoms with E-state index in [2.05, 4.69) is 15.9 Å². The molecular weight excluding hydrogens is 299 g/mol. The van der Waals surface area contributed by atoms with Crippen LogP contribution in [-0.2, 0) is 13.2 Å². The number of hydrogen-bond acceptors (Lipinski definition) is 2. The Balaban J connectivity index is 2.04. The summed E-state index contributed by atoms with van der Waals surface area (Å²) < 4.78 is 19.6. The molecule has 2 rings (SSSR count). The number of hydrogen-bond donors (Lipinski definition) is 1. The van der Waals surface area contributed by atoms with Crippen molar-refractivity contribution in [3.05, 3.63) is 63.9 Å². The summed E-state index contributed by atoms with van der Waals surface area (Å²) in [6.07, 6.45) is 0. The van der Waals surface area contributed by atoms with Crippen LogP contribution in [0.5, 0.6) is 5.75 Å². The van der Waals surface area contributed by atoms with E-state index in [0.29, 0.717) is 6.61 Å². The second kappa shape index (κ2) is 5.98. The molecule has 94 valence electrons. The summed E-state index contributed by atoms with van der Waals surface area (Å²) in [4.78, 5) is 0. The predicted octanol–water partition coefficient (Wildman–Crippen LogP) is 3.66. The summed E-state index contributed by atoms with van der Waals surface area (Å²) in [5.41, 5.74) is 1.76. The van der Waals surface area contributed by atoms with Gasteiger partial charge in [-0.25, -0.2) is 4.39 Å². The van der Waals surface area contributed by atoms with Crippen molar-refractivity contribution in [2.24, 2.45) is 0 Å². The first-order valence-electron chi connectivity index (χ1n) is 5.45. The smallest absolute Gasteiger partial charge is 0.165 e. The molecule has 2 aromatic rings. The van der Waals surface area contributed by atoms with E-state index in [-0.39, 0.29) is 18.2 Å². The van der Waals surface area contributed by atoms with Gasteiger partial charge >= 0.3 is 0 Å². The third-order valence-electron chi connectivity index (χ3n) is 2.49. The van der Waals surface area contributed by atoms with Gasteiger partial charge < -0.3 is 9.84 Å². The van der Waals surface area contributed by atoms with E-state index in [4.69, 9.17) is 9.84 Å². The summed E-state index contributed by atoms with van der Waals surface area (Å²) in [6.45, 7) is 0.306. The van der Waals surface area contributed by atoms with Crippen molar-refractivity contribution in [2.75, 3.05) is 0 Å². The zero-order chi connectivity index (χ0) is 13.0. The zero-order valence-electron chi connectivity index (χ0n) is 9.57. The van der Waals surface area contributed by atoms with Crippen molar-refractivity contribution in [1.82, 2.24) is 0 Å². The molecule has 0 aliphatic carbocycles. The maximum Gasteiger partial charge on any atom is 0.165 e. The molecule has 0 spiro atoms. The predicted molar refractivity (Wildman–Crippen MR) is 70.8 cm³/mol. The van der Waals surface area contributed by atoms with Gasteiger partial charge in [0.05, 0.1) is 6.61 Å². The van der Waals surface area contributed by atoms with E-state index in [1.165, 1.54) is 6.07 Å². The molecule has 0 aliphatic heterocycles. The molecule has 2 nitrogen and oxygen atoms in total. The Hall–Kier alpha value is -1.39. The fraction of sp³-hybridized carbons (Fsp3) is 0.143. The Labute approximate surface area is 113 Å². The van der Waals surface area contributed by atoms with Crippen LogP contribution in [0.3, 0.4) is 0 Å². The molecule has 0 heterocycles. The number of benzene rings is 2. The Morgan fingerprint density at radius 2 is 1.72 bits per heavy atom. The van der Waals surface area contributed by atoms with Gasteiger partial charge in [-0.2, -0.15) is 0 Å². The average molecular weight is 311 g/mol. The lowest BCUT2D eigenvalue weighted by Gasteiger charge is -2.08. The van der Waals surface area contributed by atoms with Crippen LogP contribution in [0, 0.1) is 5.82 Å². The van der Waals surface area contributed by atoms with Gasteiger partial charge in [0.2, 0.25) is 0 Å². The Morgan fingerprint density at radius 1 is 1.06 bits per heavy atom. The maximum atomic E-state index is 13.4. The number of rotatable bonds is 4. The van der Waals surface area contributed by atoms with Gasteiger partial charge in [0, 0.05) is 4.47 Å². The van der Waals surface area contributed by atoms with Gasteiger partial charge in [0.25, 0.3) is 0 Å². The molecule has 0 saturated carbocycles. The van der Waals surface area contributed by atoms with Crippen LogP contribution in [0.15, 0.2) is 46.9 Å². The van der Waals surface area contributed by atoms with Crippen LogP contribution >= 0.6 is 15.9 Å². The molecule has 0 amide bonds. The molecule has 0 saturated heterocycles. The van der Waals surface area contributed by atoms with Gasteiger partial charge in [0.15, 0.2) is 11.6 Å². The SMILES string of the molecule is OCc1ccc(COc2cc(Br)ccc2F)cc1. The second-order valence-corrected chi connectivity index (χ2v) is 4.75. The summed E-state index contributed by atoms with van der Waals surface area (Å²) in [7, 11) is 0. The van der Waals surface area contributed by atoms with E-state index in [1.807, 2.05) is 24.3 Å². The monoisotopic (exact) mass is 310 g/mol. The normalized spacial score (nSPS) is 10.4. The summed E-state index contributed by atoms with van der Waals surface area (Å²) in [5.74, 6) is -0.166. The van der Waals surface area contributed by atoms with Gasteiger partial charge in [-0.05, 0) is 29.3 Å². The van der Waals surface area contributed by atoms with Crippen LogP contribution in [0.2, 0.25) is 0 Å². The Kier molecular flexibility index (Phi) is 4.33. The molecule has 0 atom stereocenters. The molecule has 0 radical (unpaired) electrons. The van der Waals surface area contributed by atoms with Gasteiger partial charge in [0.1, 0.15) is 6.61 Å². The fourth-order valence-electron chi connectivity index (χ4n) is 1.49. The van der Waals surface area contributed by atoms with Crippen LogP contribution in [0.25, 0.3) is 0 Å². The third-order valence-corrected chi connectivity index (χ3v) is 2.99. The maximum absolute atomic E-state index is 13.4. The molecule has 18 heavy (non-hydrogen) atoms. The number of aliphatic hydroxyl groups excluding tert-OH is 1. The van der Waals surface area contributed by atoms with E-state index in [9.17, 15) is 4.39 Å². The highest BCUT2D eigenvalue weighted by atomic mass is 79.9. The molecule has 0 aromatic heterocycles. The summed E-state index contributed by atoms with van der Waals surface area (Å²) in [6, 6.07) is 11.9. The number of aliphatic hydroxyl groups is 1. The first-order valence-corrected chi connectivity index (χ1v) is 6.25. The Morgan fingerprint density at radius 3 is 2.39 bits per heavy atom. The standard InChI is InChI=1S/C14H12BrFO2/c15-12-5-6-13(16)14(7-12)18-9-11-3-1-10(8-17)2-4-11/h1-7,17H,8-9H2. The Bertz CT molecular complexity index is 526. The minimum atomic E-state index is -0.384. The summed E-state index contributed by atoms with van der Waals surface area (Å²) >= 11 is 3.27. The highest BCUT2D eigenvalue weighted by Crippen LogP contribution is 2.23. The third kappa shape index (κ3) is 3.31. The van der Waals surface area contributed by atoms with Crippen LogP contribution < -0.4 is 4.74 Å². The first-order chi connectivity index (χ1) is 8.69. The largest absolute Gasteiger partial charge is 0.486 e. The number of halogens is 2. The molecule has 0 fully saturated rings. The van der Waals surface area contributed by atoms with Crippen LogP contribution in [0.1, 0.15) is 11.1 Å². The topological polar surface area (TPSA) is 29.5 Å². The van der Waals surface area contributed by atoms with Crippen molar-refractivity contribution in [1.29, 1.82) is 0 Å². The lowest BCUT2D eigenvalue weighted by atomic mass is 10.1. The second-order valence-electron chi connectivity index (χ2n) is 3.84. The molecule has 0 bridgehead atoms. The molecule has 0 unspecified atom stereocenters. The minimum absolute atomic E-state index is 0.0153. The molecule has 0 aliphatic rings. The minimum Gasteiger partial charge on any atom is -0.486 e.